The molecule has 0 radical (unpaired) electrons. The number of hydrogen-bond donors (Lipinski definition) is 1. The van der Waals surface area contributed by atoms with Crippen LogP contribution in [0, 0.1) is 46.3 Å². The molecule has 2 aliphatic heterocycles. The van der Waals surface area contributed by atoms with Crippen LogP contribution in [0.3, 0.4) is 0 Å². The van der Waals surface area contributed by atoms with E-state index in [0.29, 0.717) is 55.3 Å². The van der Waals surface area contributed by atoms with Gasteiger partial charge in [-0.2, -0.15) is 0 Å². The van der Waals surface area contributed by atoms with Gasteiger partial charge in [0.25, 0.3) is 0 Å². The summed E-state index contributed by atoms with van der Waals surface area (Å²) in [6, 6.07) is 0. The van der Waals surface area contributed by atoms with Gasteiger partial charge in [0, 0.05) is 31.6 Å². The number of fused-ring (bicyclic) bond motifs is 7. The number of hydrogen-bond acceptors (Lipinski definition) is 5. The van der Waals surface area contributed by atoms with Gasteiger partial charge in [0.05, 0.1) is 18.1 Å². The molecular weight excluding hydrogens is 404 g/mol. The van der Waals surface area contributed by atoms with Crippen molar-refractivity contribution in [3.8, 4) is 0 Å². The summed E-state index contributed by atoms with van der Waals surface area (Å²) in [5, 5.41) is 12.4. The molecular formula is C27H40O5. The minimum absolute atomic E-state index is 0.0739. The molecule has 32 heavy (non-hydrogen) atoms. The Morgan fingerprint density at radius 3 is 2.50 bits per heavy atom. The van der Waals surface area contributed by atoms with Crippen molar-refractivity contribution >= 4 is 11.6 Å². The summed E-state index contributed by atoms with van der Waals surface area (Å²) in [5.74, 6) is 1.50. The van der Waals surface area contributed by atoms with Crippen LogP contribution < -0.4 is 0 Å². The number of carbonyl (C=O) groups excluding carboxylic acids is 2. The second kappa shape index (κ2) is 6.66. The lowest BCUT2D eigenvalue weighted by atomic mass is 9.43. The Morgan fingerprint density at radius 2 is 1.78 bits per heavy atom. The molecule has 2 heterocycles. The van der Waals surface area contributed by atoms with Gasteiger partial charge in [0.15, 0.2) is 5.79 Å². The zero-order chi connectivity index (χ0) is 22.7. The summed E-state index contributed by atoms with van der Waals surface area (Å²) >= 11 is 0. The fraction of sp³-hybridized carbons (Fsp3) is 0.926. The average molecular weight is 445 g/mol. The van der Waals surface area contributed by atoms with Gasteiger partial charge in [-0.15, -0.1) is 0 Å². The van der Waals surface area contributed by atoms with Crippen LogP contribution in [0.1, 0.15) is 85.5 Å². The molecule has 4 saturated carbocycles. The molecule has 5 nitrogen and oxygen atoms in total. The van der Waals surface area contributed by atoms with Crippen molar-refractivity contribution in [1.82, 2.24) is 0 Å². The summed E-state index contributed by atoms with van der Waals surface area (Å²) in [4.78, 5) is 26.2. The molecule has 6 fully saturated rings. The second-order valence-corrected chi connectivity index (χ2v) is 12.9. The monoisotopic (exact) mass is 444 g/mol. The lowest BCUT2D eigenvalue weighted by Crippen LogP contribution is -2.64. The molecule has 1 spiro atoms. The molecule has 0 unspecified atom stereocenters. The number of Topliss-reactive ketones (excluding diaryl/α,β-unsaturated/α-hetero) is 2. The Balaban J connectivity index is 1.35. The molecule has 11 atom stereocenters. The number of aliphatic hydroxyl groups is 1. The Morgan fingerprint density at radius 1 is 1.00 bits per heavy atom. The first kappa shape index (κ1) is 21.7. The highest BCUT2D eigenvalue weighted by Crippen LogP contribution is 2.71. The predicted octanol–water partition coefficient (Wildman–Crippen LogP) is 4.30. The first-order chi connectivity index (χ1) is 15.1. The summed E-state index contributed by atoms with van der Waals surface area (Å²) in [7, 11) is 0. The van der Waals surface area contributed by atoms with Crippen LogP contribution in [0.2, 0.25) is 0 Å². The first-order valence-electron chi connectivity index (χ1n) is 13.2. The van der Waals surface area contributed by atoms with Crippen LogP contribution in [-0.2, 0) is 19.1 Å². The molecule has 4 aliphatic carbocycles. The first-order valence-corrected chi connectivity index (χ1v) is 13.2. The van der Waals surface area contributed by atoms with Gasteiger partial charge >= 0.3 is 0 Å². The van der Waals surface area contributed by atoms with E-state index in [1.165, 1.54) is 0 Å². The molecule has 6 aliphatic rings. The van der Waals surface area contributed by atoms with Gasteiger partial charge < -0.3 is 14.6 Å². The minimum atomic E-state index is -1.17. The van der Waals surface area contributed by atoms with Crippen molar-refractivity contribution < 1.29 is 24.2 Å². The van der Waals surface area contributed by atoms with Crippen molar-refractivity contribution in [2.45, 2.75) is 103 Å². The van der Waals surface area contributed by atoms with Crippen LogP contribution in [0.5, 0.6) is 0 Å². The quantitative estimate of drug-likeness (QED) is 0.603. The molecule has 0 aromatic rings. The lowest BCUT2D eigenvalue weighted by Gasteiger charge is -2.60. The molecule has 2 saturated heterocycles. The number of ether oxygens (including phenoxy) is 2. The predicted molar refractivity (Wildman–Crippen MR) is 119 cm³/mol. The van der Waals surface area contributed by atoms with Gasteiger partial charge in [-0.1, -0.05) is 20.8 Å². The maximum absolute atomic E-state index is 14.0. The third-order valence-corrected chi connectivity index (χ3v) is 11.9. The van der Waals surface area contributed by atoms with E-state index in [2.05, 4.69) is 27.7 Å². The maximum atomic E-state index is 14.0. The van der Waals surface area contributed by atoms with E-state index in [-0.39, 0.29) is 29.1 Å². The van der Waals surface area contributed by atoms with Crippen LogP contribution in [0.15, 0.2) is 0 Å². The van der Waals surface area contributed by atoms with E-state index in [4.69, 9.17) is 9.47 Å². The Kier molecular flexibility index (Phi) is 4.53. The number of carbonyl (C=O) groups is 2. The Bertz CT molecular complexity index is 845. The molecule has 178 valence electrons. The molecule has 0 amide bonds. The van der Waals surface area contributed by atoms with Crippen LogP contribution in [0.25, 0.3) is 0 Å². The zero-order valence-corrected chi connectivity index (χ0v) is 20.2. The van der Waals surface area contributed by atoms with Crippen LogP contribution >= 0.6 is 0 Å². The van der Waals surface area contributed by atoms with E-state index >= 15 is 0 Å². The average Bonchev–Trinajstić information content (AvgIpc) is 3.11. The van der Waals surface area contributed by atoms with Crippen LogP contribution in [0.4, 0.5) is 0 Å². The highest BCUT2D eigenvalue weighted by Gasteiger charge is 2.78. The van der Waals surface area contributed by atoms with E-state index in [0.717, 1.165) is 38.5 Å². The highest BCUT2D eigenvalue weighted by atomic mass is 16.7. The van der Waals surface area contributed by atoms with Crippen LogP contribution in [-0.4, -0.2) is 40.8 Å². The summed E-state index contributed by atoms with van der Waals surface area (Å²) in [5.41, 5.74) is -1.87. The largest absolute Gasteiger partial charge is 0.386 e. The molecule has 1 N–H and O–H groups in total. The van der Waals surface area contributed by atoms with E-state index in [9.17, 15) is 14.7 Å². The molecule has 0 aromatic carbocycles. The zero-order valence-electron chi connectivity index (χ0n) is 20.2. The van der Waals surface area contributed by atoms with Gasteiger partial charge in [0.1, 0.15) is 17.2 Å². The standard InChI is InChI=1S/C27H40O5/c1-15-7-10-26(31-14-15)16(2)27(30)23(32-26)13-21-19-6-5-17-11-18(28)8-9-24(17,3)20(19)12-22(29)25(21,27)4/h15-17,19-21,23,30H,5-14H2,1-4H3/t15-,16-,17-,19-,20+,21+,23+,24+,25-,26-,27-/m1/s1. The van der Waals surface area contributed by atoms with Crippen molar-refractivity contribution in [3.05, 3.63) is 0 Å². The molecule has 0 bridgehead atoms. The molecule has 6 rings (SSSR count). The van der Waals surface area contributed by atoms with Crippen molar-refractivity contribution in [2.24, 2.45) is 46.3 Å². The van der Waals surface area contributed by atoms with Gasteiger partial charge in [-0.25, -0.2) is 0 Å². The summed E-state index contributed by atoms with van der Waals surface area (Å²) in [6.07, 6.45) is 7.23. The Hall–Kier alpha value is -0.780. The van der Waals surface area contributed by atoms with Crippen molar-refractivity contribution in [1.29, 1.82) is 0 Å². The maximum Gasteiger partial charge on any atom is 0.174 e. The van der Waals surface area contributed by atoms with E-state index in [1.54, 1.807) is 0 Å². The number of rotatable bonds is 0. The van der Waals surface area contributed by atoms with E-state index < -0.39 is 16.8 Å². The normalized spacial score (nSPS) is 59.5. The van der Waals surface area contributed by atoms with Gasteiger partial charge in [-0.05, 0) is 74.0 Å². The Labute approximate surface area is 192 Å². The third kappa shape index (κ3) is 2.41. The fourth-order valence-electron chi connectivity index (χ4n) is 9.68. The third-order valence-electron chi connectivity index (χ3n) is 11.9. The lowest BCUT2D eigenvalue weighted by molar-refractivity contribution is -0.274. The molecule has 0 aromatic heterocycles. The van der Waals surface area contributed by atoms with Crippen molar-refractivity contribution in [3.63, 3.8) is 0 Å². The fourth-order valence-corrected chi connectivity index (χ4v) is 9.68. The van der Waals surface area contributed by atoms with Gasteiger partial charge in [0.2, 0.25) is 0 Å². The smallest absolute Gasteiger partial charge is 0.174 e. The second-order valence-electron chi connectivity index (χ2n) is 12.9. The summed E-state index contributed by atoms with van der Waals surface area (Å²) in [6.45, 7) is 9.32. The number of ketones is 2. The topological polar surface area (TPSA) is 72.8 Å². The molecule has 5 heteroatoms. The summed E-state index contributed by atoms with van der Waals surface area (Å²) < 4.78 is 12.9. The van der Waals surface area contributed by atoms with E-state index in [1.807, 2.05) is 0 Å². The highest BCUT2D eigenvalue weighted by molar-refractivity contribution is 5.88. The minimum Gasteiger partial charge on any atom is -0.386 e. The van der Waals surface area contributed by atoms with Gasteiger partial charge in [-0.3, -0.25) is 9.59 Å². The SMILES string of the molecule is C[C@@H]1CC[C@@]2(OC1)O[C@H]1C[C@H]3[C@@H]4CC[C@@H]5CC(=O)CC[C@]5(C)[C@H]4CC(=O)[C@]3(C)[C@@]1(O)[C@@H]2C. The van der Waals surface area contributed by atoms with Crippen molar-refractivity contribution in [2.75, 3.05) is 6.61 Å².